The standard InChI is InChI=1S/C25H31N5/c1-5-11-29(12-6-2)24-14-21-13-23(9-10-25(21)28-17-24)30-18-20(8-7-19(30)3)22(15-26)16-27-4/h7-10,13-18,26-27H,3,5-6,11-12H2,1-2,4H3/b22-16+,26-15?. The average molecular weight is 402 g/mol. The molecule has 0 saturated carbocycles. The lowest BCUT2D eigenvalue weighted by molar-refractivity contribution is 0.744. The van der Waals surface area contributed by atoms with E-state index in [4.69, 9.17) is 10.4 Å². The van der Waals surface area contributed by atoms with Crippen molar-refractivity contribution < 1.29 is 0 Å². The highest BCUT2D eigenvalue weighted by Gasteiger charge is 2.14. The van der Waals surface area contributed by atoms with Gasteiger partial charge in [-0.05, 0) is 43.2 Å². The van der Waals surface area contributed by atoms with Crippen molar-refractivity contribution in [2.75, 3.05) is 29.9 Å². The fraction of sp³-hybridized carbons (Fsp3) is 0.280. The zero-order valence-electron chi connectivity index (χ0n) is 18.2. The van der Waals surface area contributed by atoms with Gasteiger partial charge < -0.3 is 20.5 Å². The monoisotopic (exact) mass is 401 g/mol. The minimum atomic E-state index is 0.811. The summed E-state index contributed by atoms with van der Waals surface area (Å²) >= 11 is 0. The van der Waals surface area contributed by atoms with E-state index < -0.39 is 0 Å². The second-order valence-electron chi connectivity index (χ2n) is 7.37. The summed E-state index contributed by atoms with van der Waals surface area (Å²) < 4.78 is 0. The number of nitrogens with zero attached hydrogens (tertiary/aromatic N) is 3. The van der Waals surface area contributed by atoms with Gasteiger partial charge >= 0.3 is 0 Å². The Hall–Kier alpha value is -3.34. The van der Waals surface area contributed by atoms with Crippen LogP contribution in [0.25, 0.3) is 10.9 Å². The number of pyridine rings is 1. The van der Waals surface area contributed by atoms with Crippen molar-refractivity contribution in [3.05, 3.63) is 78.4 Å². The van der Waals surface area contributed by atoms with E-state index in [0.717, 1.165) is 59.4 Å². The van der Waals surface area contributed by atoms with Crippen LogP contribution in [0.4, 0.5) is 11.4 Å². The molecule has 1 aliphatic heterocycles. The second-order valence-corrected chi connectivity index (χ2v) is 7.37. The first-order chi connectivity index (χ1) is 14.6. The number of hydrogen-bond acceptors (Lipinski definition) is 5. The lowest BCUT2D eigenvalue weighted by Crippen LogP contribution is -2.24. The fourth-order valence-corrected chi connectivity index (χ4v) is 3.65. The Morgan fingerprint density at radius 3 is 2.63 bits per heavy atom. The smallest absolute Gasteiger partial charge is 0.0705 e. The Morgan fingerprint density at radius 2 is 1.97 bits per heavy atom. The fourth-order valence-electron chi connectivity index (χ4n) is 3.65. The van der Waals surface area contributed by atoms with Gasteiger partial charge in [0.2, 0.25) is 0 Å². The van der Waals surface area contributed by atoms with Crippen molar-refractivity contribution >= 4 is 28.5 Å². The number of hydrogen-bond donors (Lipinski definition) is 2. The lowest BCUT2D eigenvalue weighted by atomic mass is 10.0. The van der Waals surface area contributed by atoms with Crippen LogP contribution in [0.3, 0.4) is 0 Å². The predicted molar refractivity (Wildman–Crippen MR) is 129 cm³/mol. The highest BCUT2D eigenvalue weighted by atomic mass is 15.1. The highest BCUT2D eigenvalue weighted by molar-refractivity contribution is 5.88. The van der Waals surface area contributed by atoms with Gasteiger partial charge in [-0.3, -0.25) is 4.98 Å². The SMILES string of the molecule is C=C1C=CC(/C(C=N)=C/NC)=CN1c1ccc2ncc(N(CCC)CCC)cc2c1. The molecule has 1 aromatic heterocycles. The number of benzene rings is 1. The Balaban J connectivity index is 2.00. The quantitative estimate of drug-likeness (QED) is 0.553. The normalized spacial score (nSPS) is 14.1. The van der Waals surface area contributed by atoms with Crippen LogP contribution < -0.4 is 15.1 Å². The molecular weight excluding hydrogens is 370 g/mol. The van der Waals surface area contributed by atoms with E-state index in [1.54, 1.807) is 0 Å². The molecular formula is C25H31N5. The Bertz CT molecular complexity index is 1010. The number of aromatic nitrogens is 1. The second kappa shape index (κ2) is 9.92. The molecule has 2 heterocycles. The van der Waals surface area contributed by atoms with Crippen LogP contribution in [0.15, 0.2) is 78.4 Å². The van der Waals surface area contributed by atoms with Gasteiger partial charge in [0.1, 0.15) is 0 Å². The van der Waals surface area contributed by atoms with E-state index in [2.05, 4.69) is 59.8 Å². The summed E-state index contributed by atoms with van der Waals surface area (Å²) in [5.41, 5.74) is 5.82. The van der Waals surface area contributed by atoms with E-state index in [-0.39, 0.29) is 0 Å². The first-order valence-electron chi connectivity index (χ1n) is 10.5. The van der Waals surface area contributed by atoms with E-state index >= 15 is 0 Å². The lowest BCUT2D eigenvalue weighted by Gasteiger charge is -2.26. The van der Waals surface area contributed by atoms with Gasteiger partial charge in [0.15, 0.2) is 0 Å². The summed E-state index contributed by atoms with van der Waals surface area (Å²) in [6.45, 7) is 10.7. The molecule has 3 rings (SSSR count). The molecule has 2 aromatic rings. The molecule has 5 nitrogen and oxygen atoms in total. The van der Waals surface area contributed by atoms with Gasteiger partial charge in [-0.15, -0.1) is 0 Å². The van der Waals surface area contributed by atoms with E-state index in [0.29, 0.717) is 0 Å². The summed E-state index contributed by atoms with van der Waals surface area (Å²) in [6.07, 6.45) is 13.4. The molecule has 1 aromatic carbocycles. The van der Waals surface area contributed by atoms with Crippen molar-refractivity contribution in [1.29, 1.82) is 5.41 Å². The minimum Gasteiger partial charge on any atom is -0.393 e. The zero-order chi connectivity index (χ0) is 21.5. The first-order valence-corrected chi connectivity index (χ1v) is 10.5. The third-order valence-corrected chi connectivity index (χ3v) is 5.10. The van der Waals surface area contributed by atoms with E-state index in [9.17, 15) is 0 Å². The molecule has 2 N–H and O–H groups in total. The average Bonchev–Trinajstić information content (AvgIpc) is 2.77. The van der Waals surface area contributed by atoms with Crippen molar-refractivity contribution in [2.24, 2.45) is 0 Å². The van der Waals surface area contributed by atoms with Crippen LogP contribution in [0.5, 0.6) is 0 Å². The summed E-state index contributed by atoms with van der Waals surface area (Å²) in [5.74, 6) is 0. The zero-order valence-corrected chi connectivity index (χ0v) is 18.2. The molecule has 0 spiro atoms. The highest BCUT2D eigenvalue weighted by Crippen LogP contribution is 2.30. The van der Waals surface area contributed by atoms with Crippen LogP contribution in [-0.4, -0.2) is 31.3 Å². The Morgan fingerprint density at radius 1 is 1.20 bits per heavy atom. The van der Waals surface area contributed by atoms with Gasteiger partial charge in [0, 0.05) is 66.7 Å². The third kappa shape index (κ3) is 4.62. The maximum absolute atomic E-state index is 7.70. The Kier molecular flexibility index (Phi) is 7.07. The van der Waals surface area contributed by atoms with Gasteiger partial charge in [0.25, 0.3) is 0 Å². The van der Waals surface area contributed by atoms with Gasteiger partial charge in [0.05, 0.1) is 17.4 Å². The summed E-state index contributed by atoms with van der Waals surface area (Å²) in [4.78, 5) is 9.15. The van der Waals surface area contributed by atoms with E-state index in [1.165, 1.54) is 11.9 Å². The summed E-state index contributed by atoms with van der Waals surface area (Å²) in [5, 5.41) is 11.8. The minimum absolute atomic E-state index is 0.811. The van der Waals surface area contributed by atoms with Crippen LogP contribution in [-0.2, 0) is 0 Å². The Labute approximate surface area is 179 Å². The van der Waals surface area contributed by atoms with Crippen molar-refractivity contribution in [3.63, 3.8) is 0 Å². The summed E-state index contributed by atoms with van der Waals surface area (Å²) in [7, 11) is 1.83. The van der Waals surface area contributed by atoms with Gasteiger partial charge in [-0.25, -0.2) is 0 Å². The van der Waals surface area contributed by atoms with Crippen LogP contribution in [0, 0.1) is 5.41 Å². The maximum atomic E-state index is 7.70. The van der Waals surface area contributed by atoms with Crippen molar-refractivity contribution in [2.45, 2.75) is 26.7 Å². The van der Waals surface area contributed by atoms with Crippen molar-refractivity contribution in [1.82, 2.24) is 10.3 Å². The molecule has 0 fully saturated rings. The molecule has 0 aliphatic carbocycles. The first kappa shape index (κ1) is 21.4. The molecule has 0 unspecified atom stereocenters. The molecule has 0 bridgehead atoms. The number of allylic oxidation sites excluding steroid dienone is 4. The molecule has 1 aliphatic rings. The van der Waals surface area contributed by atoms with Crippen LogP contribution >= 0.6 is 0 Å². The van der Waals surface area contributed by atoms with Crippen LogP contribution in [0.2, 0.25) is 0 Å². The van der Waals surface area contributed by atoms with Gasteiger partial charge in [-0.1, -0.05) is 26.5 Å². The molecule has 30 heavy (non-hydrogen) atoms. The molecule has 156 valence electrons. The van der Waals surface area contributed by atoms with Crippen molar-refractivity contribution in [3.8, 4) is 0 Å². The topological polar surface area (TPSA) is 55.3 Å². The largest absolute Gasteiger partial charge is 0.393 e. The predicted octanol–water partition coefficient (Wildman–Crippen LogP) is 5.39. The third-order valence-electron chi connectivity index (χ3n) is 5.10. The number of nitrogens with one attached hydrogen (secondary N) is 2. The van der Waals surface area contributed by atoms with E-state index in [1.807, 2.05) is 37.8 Å². The maximum Gasteiger partial charge on any atom is 0.0705 e. The molecule has 0 atom stereocenters. The molecule has 5 heteroatoms. The molecule has 0 amide bonds. The summed E-state index contributed by atoms with van der Waals surface area (Å²) in [6, 6.07) is 8.51. The number of anilines is 2. The molecule has 0 saturated heterocycles. The van der Waals surface area contributed by atoms with Gasteiger partial charge in [-0.2, -0.15) is 0 Å². The van der Waals surface area contributed by atoms with Crippen LogP contribution in [0.1, 0.15) is 26.7 Å². The molecule has 0 radical (unpaired) electrons. The number of rotatable bonds is 9. The number of fused-ring (bicyclic) bond motifs is 1.